The summed E-state index contributed by atoms with van der Waals surface area (Å²) in [5, 5.41) is 3.71. The Labute approximate surface area is 165 Å². The Bertz CT molecular complexity index is 816. The van der Waals surface area contributed by atoms with Gasteiger partial charge in [-0.2, -0.15) is 4.31 Å². The van der Waals surface area contributed by atoms with Gasteiger partial charge in [-0.25, -0.2) is 8.42 Å². The quantitative estimate of drug-likeness (QED) is 0.668. The van der Waals surface area contributed by atoms with Crippen LogP contribution < -0.4 is 0 Å². The van der Waals surface area contributed by atoms with E-state index in [1.54, 1.807) is 25.7 Å². The summed E-state index contributed by atoms with van der Waals surface area (Å²) in [6.45, 7) is 6.58. The number of aromatic nitrogens is 1. The number of likely N-dealkylation sites (tertiary alicyclic amines) is 1. The first-order valence-corrected chi connectivity index (χ1v) is 11.1. The lowest BCUT2D eigenvalue weighted by molar-refractivity contribution is -0.163. The summed E-state index contributed by atoms with van der Waals surface area (Å²) >= 11 is 0. The van der Waals surface area contributed by atoms with Crippen molar-refractivity contribution in [3.05, 3.63) is 11.5 Å². The Morgan fingerprint density at radius 1 is 1.14 bits per heavy atom. The summed E-state index contributed by atoms with van der Waals surface area (Å²) < 4.78 is 37.4. The molecule has 0 bridgehead atoms. The van der Waals surface area contributed by atoms with Crippen molar-refractivity contribution < 1.29 is 27.3 Å². The third-order valence-corrected chi connectivity index (χ3v) is 7.56. The molecule has 0 radical (unpaired) electrons. The zero-order chi connectivity index (χ0) is 20.5. The molecule has 1 unspecified atom stereocenters. The zero-order valence-electron chi connectivity index (χ0n) is 16.5. The maximum atomic E-state index is 12.8. The molecule has 2 fully saturated rings. The second kappa shape index (κ2) is 8.20. The minimum Gasteiger partial charge on any atom is -0.452 e. The number of nitrogens with zero attached hydrogens (tertiary/aromatic N) is 3. The number of esters is 1. The van der Waals surface area contributed by atoms with Crippen LogP contribution in [0, 0.1) is 19.8 Å². The number of carbonyl (C=O) groups is 2. The Morgan fingerprint density at radius 2 is 1.75 bits per heavy atom. The van der Waals surface area contributed by atoms with Crippen LogP contribution in [0.5, 0.6) is 0 Å². The highest BCUT2D eigenvalue weighted by atomic mass is 32.2. The van der Waals surface area contributed by atoms with Crippen molar-refractivity contribution in [1.82, 2.24) is 14.4 Å². The number of sulfonamides is 1. The van der Waals surface area contributed by atoms with Gasteiger partial charge in [-0.1, -0.05) is 5.16 Å². The Morgan fingerprint density at radius 3 is 2.29 bits per heavy atom. The SMILES string of the molecule is Cc1noc(C)c1S(=O)(=O)N1CCC(C(=O)OC(C)C(=O)N2CCCC2)CC1. The van der Waals surface area contributed by atoms with Gasteiger partial charge in [0.25, 0.3) is 5.91 Å². The maximum Gasteiger partial charge on any atom is 0.309 e. The standard InChI is InChI=1S/C18H27N3O6S/c1-12-16(13(2)27-19-12)28(24,25)21-10-6-15(7-11-21)18(23)26-14(3)17(22)20-8-4-5-9-20/h14-15H,4-11H2,1-3H3. The van der Waals surface area contributed by atoms with Gasteiger partial charge in [0.05, 0.1) is 5.92 Å². The van der Waals surface area contributed by atoms with E-state index >= 15 is 0 Å². The summed E-state index contributed by atoms with van der Waals surface area (Å²) in [5.74, 6) is -0.753. The summed E-state index contributed by atoms with van der Waals surface area (Å²) in [5.41, 5.74) is 0.327. The number of ether oxygens (including phenoxy) is 1. The molecule has 1 aromatic rings. The van der Waals surface area contributed by atoms with E-state index in [9.17, 15) is 18.0 Å². The first-order chi connectivity index (χ1) is 13.2. The number of aryl methyl sites for hydroxylation is 2. The molecule has 2 saturated heterocycles. The molecule has 0 aliphatic carbocycles. The molecule has 3 heterocycles. The van der Waals surface area contributed by atoms with Gasteiger partial charge < -0.3 is 14.2 Å². The average Bonchev–Trinajstić information content (AvgIpc) is 3.31. The molecule has 2 aliphatic rings. The van der Waals surface area contributed by atoms with Gasteiger partial charge in [0.15, 0.2) is 11.9 Å². The molecule has 156 valence electrons. The van der Waals surface area contributed by atoms with Crippen LogP contribution in [0.15, 0.2) is 9.42 Å². The van der Waals surface area contributed by atoms with E-state index in [-0.39, 0.29) is 29.7 Å². The molecular formula is C18H27N3O6S. The Kier molecular flexibility index (Phi) is 6.09. The molecule has 2 aliphatic heterocycles. The molecule has 0 aromatic carbocycles. The molecule has 3 rings (SSSR count). The second-order valence-electron chi connectivity index (χ2n) is 7.44. The van der Waals surface area contributed by atoms with Crippen LogP contribution in [0.1, 0.15) is 44.1 Å². The fourth-order valence-corrected chi connectivity index (χ4v) is 5.58. The van der Waals surface area contributed by atoms with E-state index in [4.69, 9.17) is 9.26 Å². The van der Waals surface area contributed by atoms with E-state index in [0.29, 0.717) is 31.6 Å². The van der Waals surface area contributed by atoms with Crippen molar-refractivity contribution in [2.24, 2.45) is 5.92 Å². The van der Waals surface area contributed by atoms with Crippen LogP contribution >= 0.6 is 0 Å². The van der Waals surface area contributed by atoms with Crippen LogP contribution in [0.2, 0.25) is 0 Å². The third-order valence-electron chi connectivity index (χ3n) is 5.41. The Hall–Kier alpha value is -1.94. The predicted octanol–water partition coefficient (Wildman–Crippen LogP) is 1.25. The number of rotatable bonds is 5. The van der Waals surface area contributed by atoms with Crippen LogP contribution in [0.3, 0.4) is 0 Å². The number of amides is 1. The van der Waals surface area contributed by atoms with Gasteiger partial charge in [-0.15, -0.1) is 0 Å². The average molecular weight is 413 g/mol. The minimum atomic E-state index is -3.71. The minimum absolute atomic E-state index is 0.0957. The van der Waals surface area contributed by atoms with Gasteiger partial charge in [0.2, 0.25) is 10.0 Å². The molecule has 1 amide bonds. The lowest BCUT2D eigenvalue weighted by Gasteiger charge is -2.30. The van der Waals surface area contributed by atoms with E-state index in [0.717, 1.165) is 12.8 Å². The van der Waals surface area contributed by atoms with Crippen LogP contribution in [0.4, 0.5) is 0 Å². The fourth-order valence-electron chi connectivity index (χ4n) is 3.82. The first kappa shape index (κ1) is 20.8. The highest BCUT2D eigenvalue weighted by Crippen LogP contribution is 2.28. The molecule has 9 nitrogen and oxygen atoms in total. The third kappa shape index (κ3) is 4.07. The molecular weight excluding hydrogens is 386 g/mol. The largest absolute Gasteiger partial charge is 0.452 e. The summed E-state index contributed by atoms with van der Waals surface area (Å²) in [6, 6.07) is 0. The smallest absolute Gasteiger partial charge is 0.309 e. The van der Waals surface area contributed by atoms with Gasteiger partial charge in [-0.05, 0) is 46.5 Å². The topological polar surface area (TPSA) is 110 Å². The summed E-state index contributed by atoms with van der Waals surface area (Å²) in [7, 11) is -3.71. The number of carbonyl (C=O) groups excluding carboxylic acids is 2. The van der Waals surface area contributed by atoms with Crippen molar-refractivity contribution >= 4 is 21.9 Å². The van der Waals surface area contributed by atoms with Gasteiger partial charge in [-0.3, -0.25) is 9.59 Å². The first-order valence-electron chi connectivity index (χ1n) is 9.64. The fraction of sp³-hybridized carbons (Fsp3) is 0.722. The van der Waals surface area contributed by atoms with E-state index in [1.807, 2.05) is 0 Å². The highest BCUT2D eigenvalue weighted by Gasteiger charge is 2.37. The summed E-state index contributed by atoms with van der Waals surface area (Å²) in [4.78, 5) is 26.5. The molecule has 10 heteroatoms. The molecule has 28 heavy (non-hydrogen) atoms. The number of hydrogen-bond acceptors (Lipinski definition) is 7. The monoisotopic (exact) mass is 413 g/mol. The zero-order valence-corrected chi connectivity index (χ0v) is 17.3. The summed E-state index contributed by atoms with van der Waals surface area (Å²) in [6.07, 6.45) is 1.85. The van der Waals surface area contributed by atoms with Crippen molar-refractivity contribution in [1.29, 1.82) is 0 Å². The van der Waals surface area contributed by atoms with Crippen LogP contribution in [-0.2, 0) is 24.3 Å². The maximum absolute atomic E-state index is 12.8. The van der Waals surface area contributed by atoms with Crippen LogP contribution in [-0.4, -0.2) is 66.9 Å². The molecule has 0 spiro atoms. The van der Waals surface area contributed by atoms with E-state index in [1.165, 1.54) is 4.31 Å². The van der Waals surface area contributed by atoms with Crippen molar-refractivity contribution in [3.63, 3.8) is 0 Å². The highest BCUT2D eigenvalue weighted by molar-refractivity contribution is 7.89. The predicted molar refractivity (Wildman–Crippen MR) is 98.8 cm³/mol. The van der Waals surface area contributed by atoms with Gasteiger partial charge in [0.1, 0.15) is 10.6 Å². The van der Waals surface area contributed by atoms with Crippen molar-refractivity contribution in [2.45, 2.75) is 57.5 Å². The van der Waals surface area contributed by atoms with E-state index in [2.05, 4.69) is 5.16 Å². The van der Waals surface area contributed by atoms with Gasteiger partial charge >= 0.3 is 5.97 Å². The van der Waals surface area contributed by atoms with Gasteiger partial charge in [0, 0.05) is 26.2 Å². The second-order valence-corrected chi connectivity index (χ2v) is 9.32. The lowest BCUT2D eigenvalue weighted by Crippen LogP contribution is -2.43. The number of hydrogen-bond donors (Lipinski definition) is 0. The van der Waals surface area contributed by atoms with Crippen molar-refractivity contribution in [2.75, 3.05) is 26.2 Å². The number of piperidine rings is 1. The van der Waals surface area contributed by atoms with E-state index < -0.39 is 28.0 Å². The Balaban J connectivity index is 1.56. The lowest BCUT2D eigenvalue weighted by atomic mass is 9.98. The van der Waals surface area contributed by atoms with Crippen LogP contribution in [0.25, 0.3) is 0 Å². The van der Waals surface area contributed by atoms with Crippen molar-refractivity contribution in [3.8, 4) is 0 Å². The molecule has 0 saturated carbocycles. The molecule has 1 atom stereocenters. The molecule has 0 N–H and O–H groups in total. The normalized spacial score (nSPS) is 20.3. The molecule has 1 aromatic heterocycles.